The van der Waals surface area contributed by atoms with E-state index in [2.05, 4.69) is 5.32 Å². The van der Waals surface area contributed by atoms with Crippen LogP contribution in [0, 0.1) is 5.41 Å². The largest absolute Gasteiger partial charge is 0.478 e. The molecule has 118 valence electrons. The van der Waals surface area contributed by atoms with Crippen molar-refractivity contribution in [3.63, 3.8) is 0 Å². The van der Waals surface area contributed by atoms with Crippen LogP contribution < -0.4 is 5.32 Å². The average molecular weight is 303 g/mol. The Balaban J connectivity index is 2.70. The quantitative estimate of drug-likeness (QED) is 0.869. The van der Waals surface area contributed by atoms with Crippen molar-refractivity contribution in [1.82, 2.24) is 5.32 Å². The molecule has 3 nitrogen and oxygen atoms in total. The van der Waals surface area contributed by atoms with Crippen LogP contribution in [0.2, 0.25) is 0 Å². The normalized spacial score (nSPS) is 14.0. The van der Waals surface area contributed by atoms with E-state index in [9.17, 15) is 18.0 Å². The summed E-state index contributed by atoms with van der Waals surface area (Å²) in [6.45, 7) is 5.32. The zero-order valence-corrected chi connectivity index (χ0v) is 12.3. The summed E-state index contributed by atoms with van der Waals surface area (Å²) in [5, 5.41) is 11.3. The zero-order valence-electron chi connectivity index (χ0n) is 12.3. The summed E-state index contributed by atoms with van der Waals surface area (Å²) in [7, 11) is 0. The Morgan fingerprint density at radius 1 is 1.19 bits per heavy atom. The molecule has 0 spiro atoms. The minimum Gasteiger partial charge on any atom is -0.478 e. The van der Waals surface area contributed by atoms with E-state index in [1.807, 2.05) is 0 Å². The molecule has 1 aromatic carbocycles. The Morgan fingerprint density at radius 3 is 2.10 bits per heavy atom. The van der Waals surface area contributed by atoms with E-state index in [1.165, 1.54) is 24.3 Å². The predicted molar refractivity (Wildman–Crippen MR) is 74.2 cm³/mol. The van der Waals surface area contributed by atoms with E-state index >= 15 is 0 Å². The Kier molecular flexibility index (Phi) is 5.39. The van der Waals surface area contributed by atoms with Crippen molar-refractivity contribution in [2.75, 3.05) is 0 Å². The van der Waals surface area contributed by atoms with Gasteiger partial charge in [0.05, 0.1) is 5.56 Å². The van der Waals surface area contributed by atoms with Crippen molar-refractivity contribution >= 4 is 5.97 Å². The second-order valence-corrected chi connectivity index (χ2v) is 6.24. The molecule has 0 aromatic heterocycles. The van der Waals surface area contributed by atoms with Gasteiger partial charge in [-0.1, -0.05) is 32.9 Å². The summed E-state index contributed by atoms with van der Waals surface area (Å²) in [6.07, 6.45) is -4.34. The molecule has 0 aliphatic carbocycles. The monoisotopic (exact) mass is 303 g/mol. The van der Waals surface area contributed by atoms with E-state index in [0.29, 0.717) is 5.56 Å². The molecule has 0 bridgehead atoms. The fraction of sp³-hybridized carbons (Fsp3) is 0.533. The standard InChI is InChI=1S/C15H20F3NO2/c1-14(2,3)8-12(15(16,17)18)19-9-10-4-6-11(7-5-10)13(20)21/h4-7,12,19H,8-9H2,1-3H3,(H,20,21). The lowest BCUT2D eigenvalue weighted by atomic mass is 9.88. The van der Waals surface area contributed by atoms with E-state index in [-0.39, 0.29) is 18.5 Å². The van der Waals surface area contributed by atoms with Gasteiger partial charge in [0, 0.05) is 6.54 Å². The molecule has 1 rings (SSSR count). The first kappa shape index (κ1) is 17.5. The molecule has 0 aliphatic heterocycles. The van der Waals surface area contributed by atoms with Crippen LogP contribution in [0.5, 0.6) is 0 Å². The highest BCUT2D eigenvalue weighted by atomic mass is 19.4. The molecular weight excluding hydrogens is 283 g/mol. The van der Waals surface area contributed by atoms with Gasteiger partial charge < -0.3 is 10.4 Å². The van der Waals surface area contributed by atoms with E-state index in [1.54, 1.807) is 20.8 Å². The number of alkyl halides is 3. The van der Waals surface area contributed by atoms with Crippen LogP contribution in [-0.2, 0) is 6.54 Å². The molecule has 21 heavy (non-hydrogen) atoms. The minimum atomic E-state index is -4.31. The van der Waals surface area contributed by atoms with Gasteiger partial charge in [-0.2, -0.15) is 13.2 Å². The number of rotatable bonds is 5. The summed E-state index contributed by atoms with van der Waals surface area (Å²) in [5.41, 5.74) is 0.282. The SMILES string of the molecule is CC(C)(C)CC(NCc1ccc(C(=O)O)cc1)C(F)(F)F. The lowest BCUT2D eigenvalue weighted by Crippen LogP contribution is -2.44. The summed E-state index contributed by atoms with van der Waals surface area (Å²) < 4.78 is 38.9. The molecule has 1 atom stereocenters. The van der Waals surface area contributed by atoms with Crippen molar-refractivity contribution in [2.24, 2.45) is 5.41 Å². The van der Waals surface area contributed by atoms with Crippen molar-refractivity contribution in [1.29, 1.82) is 0 Å². The molecule has 2 N–H and O–H groups in total. The first-order chi connectivity index (χ1) is 9.49. The molecule has 0 amide bonds. The van der Waals surface area contributed by atoms with Crippen LogP contribution in [0.3, 0.4) is 0 Å². The van der Waals surface area contributed by atoms with Crippen LogP contribution in [0.25, 0.3) is 0 Å². The zero-order chi connectivity index (χ0) is 16.3. The highest BCUT2D eigenvalue weighted by Crippen LogP contribution is 2.30. The van der Waals surface area contributed by atoms with Gasteiger partial charge >= 0.3 is 12.1 Å². The van der Waals surface area contributed by atoms with Crippen LogP contribution in [0.15, 0.2) is 24.3 Å². The van der Waals surface area contributed by atoms with Gasteiger partial charge in [0.2, 0.25) is 0 Å². The molecule has 0 heterocycles. The Bertz CT molecular complexity index is 475. The lowest BCUT2D eigenvalue weighted by Gasteiger charge is -2.28. The number of carbonyl (C=O) groups is 1. The van der Waals surface area contributed by atoms with E-state index in [0.717, 1.165) is 0 Å². The van der Waals surface area contributed by atoms with Gasteiger partial charge in [0.15, 0.2) is 0 Å². The Morgan fingerprint density at radius 2 is 1.71 bits per heavy atom. The molecule has 0 saturated carbocycles. The molecule has 1 unspecified atom stereocenters. The topological polar surface area (TPSA) is 49.3 Å². The number of halogens is 3. The summed E-state index contributed by atoms with van der Waals surface area (Å²) >= 11 is 0. The first-order valence-electron chi connectivity index (χ1n) is 6.61. The molecule has 0 fully saturated rings. The van der Waals surface area contributed by atoms with E-state index < -0.39 is 23.6 Å². The number of benzene rings is 1. The maximum Gasteiger partial charge on any atom is 0.403 e. The molecule has 1 aromatic rings. The van der Waals surface area contributed by atoms with Gasteiger partial charge in [-0.15, -0.1) is 0 Å². The third-order valence-electron chi connectivity index (χ3n) is 2.97. The number of hydrogen-bond acceptors (Lipinski definition) is 2. The fourth-order valence-electron chi connectivity index (χ4n) is 1.92. The second kappa shape index (κ2) is 6.47. The number of nitrogens with one attached hydrogen (secondary N) is 1. The lowest BCUT2D eigenvalue weighted by molar-refractivity contribution is -0.162. The van der Waals surface area contributed by atoms with Gasteiger partial charge in [0.25, 0.3) is 0 Å². The highest BCUT2D eigenvalue weighted by Gasteiger charge is 2.41. The molecule has 6 heteroatoms. The fourth-order valence-corrected chi connectivity index (χ4v) is 1.92. The van der Waals surface area contributed by atoms with Gasteiger partial charge in [-0.3, -0.25) is 0 Å². The third-order valence-corrected chi connectivity index (χ3v) is 2.97. The summed E-state index contributed by atoms with van der Waals surface area (Å²) in [4.78, 5) is 10.7. The van der Waals surface area contributed by atoms with Crippen molar-refractivity contribution in [3.05, 3.63) is 35.4 Å². The summed E-state index contributed by atoms with van der Waals surface area (Å²) in [5.74, 6) is -1.06. The summed E-state index contributed by atoms with van der Waals surface area (Å²) in [6, 6.07) is 4.20. The Labute approximate surface area is 122 Å². The number of aromatic carboxylic acids is 1. The van der Waals surface area contributed by atoms with Crippen LogP contribution >= 0.6 is 0 Å². The van der Waals surface area contributed by atoms with Crippen molar-refractivity contribution in [3.8, 4) is 0 Å². The molecule has 0 radical (unpaired) electrons. The maximum atomic E-state index is 13.0. The van der Waals surface area contributed by atoms with E-state index in [4.69, 9.17) is 5.11 Å². The minimum absolute atomic E-state index is 0.0241. The number of carboxylic acid groups (broad SMARTS) is 1. The predicted octanol–water partition coefficient (Wildman–Crippen LogP) is 3.84. The van der Waals surface area contributed by atoms with Crippen LogP contribution in [0.1, 0.15) is 43.1 Å². The first-order valence-corrected chi connectivity index (χ1v) is 6.61. The van der Waals surface area contributed by atoms with Gasteiger partial charge in [0.1, 0.15) is 6.04 Å². The average Bonchev–Trinajstić information content (AvgIpc) is 2.32. The molecular formula is C15H20F3NO2. The maximum absolute atomic E-state index is 13.0. The third kappa shape index (κ3) is 6.16. The van der Waals surface area contributed by atoms with Gasteiger partial charge in [-0.05, 0) is 29.5 Å². The number of hydrogen-bond donors (Lipinski definition) is 2. The van der Waals surface area contributed by atoms with Crippen LogP contribution in [-0.4, -0.2) is 23.3 Å². The Hall–Kier alpha value is -1.56. The second-order valence-electron chi connectivity index (χ2n) is 6.24. The number of carboxylic acids is 1. The molecule has 0 aliphatic rings. The highest BCUT2D eigenvalue weighted by molar-refractivity contribution is 5.87. The van der Waals surface area contributed by atoms with Crippen LogP contribution in [0.4, 0.5) is 13.2 Å². The molecule has 0 saturated heterocycles. The van der Waals surface area contributed by atoms with Crippen molar-refractivity contribution in [2.45, 2.75) is 46.0 Å². The smallest absolute Gasteiger partial charge is 0.403 e. The van der Waals surface area contributed by atoms with Gasteiger partial charge in [-0.25, -0.2) is 4.79 Å². The van der Waals surface area contributed by atoms with Crippen molar-refractivity contribution < 1.29 is 23.1 Å².